The molecule has 2 aromatic rings. The summed E-state index contributed by atoms with van der Waals surface area (Å²) in [7, 11) is 0. The van der Waals surface area contributed by atoms with Crippen molar-refractivity contribution < 1.29 is 18.9 Å². The van der Waals surface area contributed by atoms with Crippen molar-refractivity contribution in [2.75, 3.05) is 6.54 Å². The average molecular weight is 319 g/mol. The largest absolute Gasteiger partial charge is 0.345 e. The van der Waals surface area contributed by atoms with Gasteiger partial charge in [0.05, 0.1) is 6.04 Å². The lowest BCUT2D eigenvalue weighted by Gasteiger charge is -2.15. The third-order valence-electron chi connectivity index (χ3n) is 3.80. The summed E-state index contributed by atoms with van der Waals surface area (Å²) in [4.78, 5) is 12.0. The lowest BCUT2D eigenvalue weighted by atomic mass is 10.1. The van der Waals surface area contributed by atoms with Crippen molar-refractivity contribution in [3.8, 4) is 0 Å². The van der Waals surface area contributed by atoms with Crippen LogP contribution in [0.2, 0.25) is 0 Å². The van der Waals surface area contributed by atoms with Gasteiger partial charge in [-0.05, 0) is 37.6 Å². The second kappa shape index (κ2) is 7.83. The van der Waals surface area contributed by atoms with E-state index in [-0.39, 0.29) is 24.5 Å². The van der Waals surface area contributed by atoms with E-state index in [1.54, 1.807) is 5.32 Å². The quantitative estimate of drug-likeness (QED) is 0.844. The summed E-state index contributed by atoms with van der Waals surface area (Å²) in [6.45, 7) is 3.99. The van der Waals surface area contributed by atoms with Crippen molar-refractivity contribution in [1.29, 1.82) is 0 Å². The maximum atomic E-state index is 13.2. The molecule has 0 heterocycles. The van der Waals surface area contributed by atoms with Crippen LogP contribution in [-0.4, -0.2) is 12.5 Å². The van der Waals surface area contributed by atoms with E-state index in [1.165, 1.54) is 12.1 Å². The van der Waals surface area contributed by atoms with Crippen molar-refractivity contribution >= 4 is 5.91 Å². The van der Waals surface area contributed by atoms with E-state index >= 15 is 0 Å². The molecule has 0 aliphatic rings. The minimum Gasteiger partial charge on any atom is -0.345 e. The lowest BCUT2D eigenvalue weighted by molar-refractivity contribution is -0.682. The van der Waals surface area contributed by atoms with Gasteiger partial charge in [-0.1, -0.05) is 30.3 Å². The first-order chi connectivity index (χ1) is 11.0. The predicted octanol–water partition coefficient (Wildman–Crippen LogP) is 2.47. The number of halogens is 2. The van der Waals surface area contributed by atoms with Crippen LogP contribution in [0.15, 0.2) is 48.5 Å². The molecule has 122 valence electrons. The number of quaternary nitrogens is 1. The molecule has 0 aliphatic heterocycles. The van der Waals surface area contributed by atoms with Gasteiger partial charge in [-0.25, -0.2) is 8.78 Å². The number of carbonyl (C=O) groups is 1. The Labute approximate surface area is 134 Å². The predicted molar refractivity (Wildman–Crippen MR) is 84.6 cm³/mol. The number of amides is 1. The van der Waals surface area contributed by atoms with Gasteiger partial charge in [0.2, 0.25) is 0 Å². The highest BCUT2D eigenvalue weighted by Gasteiger charge is 2.15. The monoisotopic (exact) mass is 319 g/mol. The molecule has 5 heteroatoms. The van der Waals surface area contributed by atoms with E-state index in [1.807, 2.05) is 44.2 Å². The minimum atomic E-state index is -0.870. The highest BCUT2D eigenvalue weighted by Crippen LogP contribution is 2.13. The van der Waals surface area contributed by atoms with Gasteiger partial charge < -0.3 is 10.6 Å². The lowest BCUT2D eigenvalue weighted by Crippen LogP contribution is -2.87. The van der Waals surface area contributed by atoms with Gasteiger partial charge in [0, 0.05) is 5.56 Å². The average Bonchev–Trinajstić information content (AvgIpc) is 2.56. The van der Waals surface area contributed by atoms with Crippen LogP contribution >= 0.6 is 0 Å². The standard InChI is InChI=1S/C18H20F2N2O/c1-12(15-8-9-16(19)17(20)10-15)21-11-18(23)22-13(2)14-6-4-3-5-7-14/h3-10,12-13,21H,11H2,1-2H3,(H,22,23)/p+1/t12-,13-/m0/s1. The fourth-order valence-corrected chi connectivity index (χ4v) is 2.34. The Hall–Kier alpha value is -2.27. The number of nitrogens with one attached hydrogen (secondary N) is 1. The van der Waals surface area contributed by atoms with Crippen LogP contribution < -0.4 is 10.6 Å². The molecular weight excluding hydrogens is 298 g/mol. The van der Waals surface area contributed by atoms with Crippen molar-refractivity contribution in [2.45, 2.75) is 25.9 Å². The van der Waals surface area contributed by atoms with Gasteiger partial charge in [-0.3, -0.25) is 4.79 Å². The molecule has 0 saturated carbocycles. The molecular formula is C18H21F2N2O+. The van der Waals surface area contributed by atoms with Crippen LogP contribution in [0, 0.1) is 11.6 Å². The summed E-state index contributed by atoms with van der Waals surface area (Å²) in [5.41, 5.74) is 1.68. The van der Waals surface area contributed by atoms with Gasteiger partial charge in [0.15, 0.2) is 18.2 Å². The third-order valence-corrected chi connectivity index (χ3v) is 3.80. The molecule has 23 heavy (non-hydrogen) atoms. The van der Waals surface area contributed by atoms with Gasteiger partial charge in [-0.2, -0.15) is 0 Å². The van der Waals surface area contributed by atoms with E-state index in [2.05, 4.69) is 5.32 Å². The zero-order valence-corrected chi connectivity index (χ0v) is 13.2. The third kappa shape index (κ3) is 4.86. The van der Waals surface area contributed by atoms with Gasteiger partial charge in [0.25, 0.3) is 5.91 Å². The van der Waals surface area contributed by atoms with Crippen LogP contribution in [0.4, 0.5) is 8.78 Å². The summed E-state index contributed by atoms with van der Waals surface area (Å²) in [5, 5.41) is 4.71. The zero-order valence-electron chi connectivity index (χ0n) is 13.2. The molecule has 0 unspecified atom stereocenters. The molecule has 2 rings (SSSR count). The first-order valence-electron chi connectivity index (χ1n) is 7.60. The Balaban J connectivity index is 1.85. The first-order valence-corrected chi connectivity index (χ1v) is 7.60. The van der Waals surface area contributed by atoms with Crippen LogP contribution in [0.1, 0.15) is 37.1 Å². The van der Waals surface area contributed by atoms with Gasteiger partial charge >= 0.3 is 0 Å². The molecule has 0 spiro atoms. The van der Waals surface area contributed by atoms with Crippen molar-refractivity contribution in [1.82, 2.24) is 5.32 Å². The molecule has 2 aromatic carbocycles. The van der Waals surface area contributed by atoms with E-state index in [4.69, 9.17) is 0 Å². The fourth-order valence-electron chi connectivity index (χ4n) is 2.34. The summed E-state index contributed by atoms with van der Waals surface area (Å²) in [5.74, 6) is -1.84. The normalized spacial score (nSPS) is 13.4. The Morgan fingerprint density at radius 1 is 1.04 bits per heavy atom. The molecule has 0 radical (unpaired) electrons. The van der Waals surface area contributed by atoms with E-state index in [9.17, 15) is 13.6 Å². The van der Waals surface area contributed by atoms with E-state index in [0.29, 0.717) is 5.56 Å². The summed E-state index contributed by atoms with van der Waals surface area (Å²) in [6, 6.07) is 13.3. The van der Waals surface area contributed by atoms with Crippen LogP contribution in [0.5, 0.6) is 0 Å². The maximum absolute atomic E-state index is 13.2. The molecule has 0 bridgehead atoms. The zero-order chi connectivity index (χ0) is 16.8. The van der Waals surface area contributed by atoms with Crippen LogP contribution in [0.3, 0.4) is 0 Å². The smallest absolute Gasteiger partial charge is 0.275 e. The second-order valence-electron chi connectivity index (χ2n) is 5.60. The topological polar surface area (TPSA) is 45.7 Å². The Morgan fingerprint density at radius 2 is 1.74 bits per heavy atom. The SMILES string of the molecule is C[C@H](NC(=O)C[NH2+][C@@H](C)c1ccc(F)c(F)c1)c1ccccc1. The highest BCUT2D eigenvalue weighted by atomic mass is 19.2. The van der Waals surface area contributed by atoms with E-state index < -0.39 is 11.6 Å². The first kappa shape index (κ1) is 17.1. The molecule has 0 saturated heterocycles. The Morgan fingerprint density at radius 3 is 2.39 bits per heavy atom. The van der Waals surface area contributed by atoms with Crippen LogP contribution in [-0.2, 0) is 4.79 Å². The van der Waals surface area contributed by atoms with Crippen molar-refractivity contribution in [3.05, 3.63) is 71.3 Å². The number of hydrogen-bond acceptors (Lipinski definition) is 1. The number of nitrogens with two attached hydrogens (primary N) is 1. The Bertz CT molecular complexity index is 661. The minimum absolute atomic E-state index is 0.0735. The van der Waals surface area contributed by atoms with Crippen LogP contribution in [0.25, 0.3) is 0 Å². The molecule has 0 fully saturated rings. The second-order valence-corrected chi connectivity index (χ2v) is 5.60. The molecule has 2 atom stereocenters. The maximum Gasteiger partial charge on any atom is 0.275 e. The fraction of sp³-hybridized carbons (Fsp3) is 0.278. The number of carbonyl (C=O) groups excluding carboxylic acids is 1. The van der Waals surface area contributed by atoms with Crippen molar-refractivity contribution in [3.63, 3.8) is 0 Å². The molecule has 0 aromatic heterocycles. The summed E-state index contributed by atoms with van der Waals surface area (Å²) < 4.78 is 26.2. The molecule has 0 aliphatic carbocycles. The number of rotatable bonds is 6. The van der Waals surface area contributed by atoms with Gasteiger partial charge in [-0.15, -0.1) is 0 Å². The Kier molecular flexibility index (Phi) is 5.82. The molecule has 3 N–H and O–H groups in total. The van der Waals surface area contributed by atoms with E-state index in [0.717, 1.165) is 11.6 Å². The summed E-state index contributed by atoms with van der Waals surface area (Å²) >= 11 is 0. The summed E-state index contributed by atoms with van der Waals surface area (Å²) in [6.07, 6.45) is 0. The molecule has 3 nitrogen and oxygen atoms in total. The molecule has 1 amide bonds. The highest BCUT2D eigenvalue weighted by molar-refractivity contribution is 5.77. The number of hydrogen-bond donors (Lipinski definition) is 2. The number of benzene rings is 2. The van der Waals surface area contributed by atoms with Crippen molar-refractivity contribution in [2.24, 2.45) is 0 Å². The van der Waals surface area contributed by atoms with Gasteiger partial charge in [0.1, 0.15) is 6.04 Å².